The van der Waals surface area contributed by atoms with Gasteiger partial charge in [0.25, 0.3) is 11.1 Å². The summed E-state index contributed by atoms with van der Waals surface area (Å²) in [4.78, 5) is 38.2. The lowest BCUT2D eigenvalue weighted by Crippen LogP contribution is -2.36. The number of carbonyl (C=O) groups is 3. The second kappa shape index (κ2) is 9.02. The van der Waals surface area contributed by atoms with E-state index >= 15 is 0 Å². The minimum absolute atomic E-state index is 0.213. The Morgan fingerprint density at radius 3 is 2.31 bits per heavy atom. The third-order valence-corrected chi connectivity index (χ3v) is 5.13. The highest BCUT2D eigenvalue weighted by atomic mass is 35.5. The molecule has 3 amide bonds. The van der Waals surface area contributed by atoms with Crippen LogP contribution in [0.4, 0.5) is 10.5 Å². The Hall–Kier alpha value is -2.97. The van der Waals surface area contributed by atoms with Crippen LogP contribution in [0.2, 0.25) is 5.02 Å². The van der Waals surface area contributed by atoms with Gasteiger partial charge >= 0.3 is 0 Å². The maximum Gasteiger partial charge on any atom is 0.294 e. The number of nitrogens with zero attached hydrogens (tertiary/aromatic N) is 1. The van der Waals surface area contributed by atoms with Crippen LogP contribution in [0.25, 0.3) is 6.08 Å². The Balaban J connectivity index is 1.73. The average molecular weight is 433 g/mol. The van der Waals surface area contributed by atoms with Crippen LogP contribution < -0.4 is 14.8 Å². The molecule has 1 saturated heterocycles. The topological polar surface area (TPSA) is 84.9 Å². The van der Waals surface area contributed by atoms with E-state index in [0.29, 0.717) is 27.8 Å². The quantitative estimate of drug-likeness (QED) is 0.693. The molecule has 2 aromatic rings. The van der Waals surface area contributed by atoms with Gasteiger partial charge in [-0.15, -0.1) is 0 Å². The van der Waals surface area contributed by atoms with Crippen molar-refractivity contribution in [2.75, 3.05) is 26.1 Å². The van der Waals surface area contributed by atoms with Crippen LogP contribution in [0, 0.1) is 0 Å². The molecule has 2 aromatic carbocycles. The molecule has 0 spiro atoms. The first-order chi connectivity index (χ1) is 13.9. The van der Waals surface area contributed by atoms with E-state index in [1.54, 1.807) is 48.5 Å². The van der Waals surface area contributed by atoms with Crippen LogP contribution in [0.3, 0.4) is 0 Å². The molecule has 0 radical (unpaired) electrons. The molecule has 7 nitrogen and oxygen atoms in total. The number of rotatable bonds is 6. The van der Waals surface area contributed by atoms with Crippen LogP contribution >= 0.6 is 23.4 Å². The predicted octanol–water partition coefficient (Wildman–Crippen LogP) is 4.03. The first-order valence-corrected chi connectivity index (χ1v) is 9.63. The Kier molecular flexibility index (Phi) is 6.46. The molecule has 0 aliphatic carbocycles. The first kappa shape index (κ1) is 20.8. The summed E-state index contributed by atoms with van der Waals surface area (Å²) in [7, 11) is 3.04. The number of amides is 3. The zero-order valence-corrected chi connectivity index (χ0v) is 17.2. The van der Waals surface area contributed by atoms with Gasteiger partial charge in [-0.05, 0) is 59.8 Å². The number of anilines is 1. The van der Waals surface area contributed by atoms with E-state index in [1.807, 2.05) is 0 Å². The number of hydrogen-bond acceptors (Lipinski definition) is 6. The highest BCUT2D eigenvalue weighted by Gasteiger charge is 2.36. The van der Waals surface area contributed by atoms with Crippen molar-refractivity contribution in [2.45, 2.75) is 0 Å². The Bertz CT molecular complexity index is 969. The molecule has 0 atom stereocenters. The van der Waals surface area contributed by atoms with Gasteiger partial charge in [0.2, 0.25) is 5.91 Å². The van der Waals surface area contributed by atoms with Gasteiger partial charge in [-0.1, -0.05) is 11.6 Å². The number of benzene rings is 2. The lowest BCUT2D eigenvalue weighted by molar-refractivity contribution is -0.127. The number of nitrogens with one attached hydrogen (secondary N) is 1. The summed E-state index contributed by atoms with van der Waals surface area (Å²) in [5.41, 5.74) is 1.16. The molecular formula is C20H17ClN2O5S. The van der Waals surface area contributed by atoms with E-state index in [-0.39, 0.29) is 11.4 Å². The van der Waals surface area contributed by atoms with E-state index in [4.69, 9.17) is 21.1 Å². The molecule has 0 aromatic heterocycles. The van der Waals surface area contributed by atoms with Crippen molar-refractivity contribution in [2.24, 2.45) is 0 Å². The molecule has 150 valence electrons. The summed E-state index contributed by atoms with van der Waals surface area (Å²) >= 11 is 6.58. The molecule has 1 heterocycles. The molecule has 0 saturated carbocycles. The number of ether oxygens (including phenoxy) is 2. The van der Waals surface area contributed by atoms with Crippen molar-refractivity contribution in [1.29, 1.82) is 0 Å². The molecular weight excluding hydrogens is 416 g/mol. The van der Waals surface area contributed by atoms with Crippen LogP contribution in [-0.2, 0) is 9.59 Å². The van der Waals surface area contributed by atoms with Gasteiger partial charge in [-0.25, -0.2) is 0 Å². The number of methoxy groups -OCH3 is 2. The van der Waals surface area contributed by atoms with Crippen molar-refractivity contribution in [1.82, 2.24) is 4.90 Å². The Labute approximate surface area is 176 Å². The molecule has 3 rings (SSSR count). The van der Waals surface area contributed by atoms with Crippen molar-refractivity contribution < 1.29 is 23.9 Å². The second-order valence-electron chi connectivity index (χ2n) is 5.97. The number of imide groups is 1. The molecule has 9 heteroatoms. The fourth-order valence-electron chi connectivity index (χ4n) is 2.58. The van der Waals surface area contributed by atoms with Gasteiger partial charge in [0.15, 0.2) is 0 Å². The molecule has 1 aliphatic heterocycles. The highest BCUT2D eigenvalue weighted by molar-refractivity contribution is 8.18. The van der Waals surface area contributed by atoms with Gasteiger partial charge in [0.05, 0.1) is 19.1 Å². The highest BCUT2D eigenvalue weighted by Crippen LogP contribution is 2.33. The minimum atomic E-state index is -0.534. The third-order valence-electron chi connectivity index (χ3n) is 3.97. The largest absolute Gasteiger partial charge is 0.497 e. The summed E-state index contributed by atoms with van der Waals surface area (Å²) in [6, 6.07) is 11.6. The first-order valence-electron chi connectivity index (χ1n) is 8.43. The molecule has 0 unspecified atom stereocenters. The second-order valence-corrected chi connectivity index (χ2v) is 7.40. The number of thioether (sulfide) groups is 1. The lowest BCUT2D eigenvalue weighted by Gasteiger charge is -2.12. The monoisotopic (exact) mass is 432 g/mol. The van der Waals surface area contributed by atoms with Gasteiger partial charge in [0.1, 0.15) is 18.0 Å². The molecule has 0 bridgehead atoms. The van der Waals surface area contributed by atoms with Crippen molar-refractivity contribution >= 4 is 52.2 Å². The number of hydrogen-bond donors (Lipinski definition) is 1. The van der Waals surface area contributed by atoms with Gasteiger partial charge < -0.3 is 14.8 Å². The molecule has 1 N–H and O–H groups in total. The fraction of sp³-hybridized carbons (Fsp3) is 0.150. The number of carbonyl (C=O) groups excluding carboxylic acids is 3. The van der Waals surface area contributed by atoms with E-state index < -0.39 is 17.1 Å². The Morgan fingerprint density at radius 1 is 1.10 bits per heavy atom. The van der Waals surface area contributed by atoms with Crippen LogP contribution in [0.1, 0.15) is 5.56 Å². The van der Waals surface area contributed by atoms with Gasteiger partial charge in [-0.3, -0.25) is 19.3 Å². The normalized spacial score (nSPS) is 15.0. The maximum absolute atomic E-state index is 12.6. The summed E-state index contributed by atoms with van der Waals surface area (Å²) in [5, 5.41) is 2.65. The summed E-state index contributed by atoms with van der Waals surface area (Å²) in [5.74, 6) is 0.0845. The SMILES string of the molecule is COc1cc(/C=C2/SC(=O)N(CC(=O)Nc3ccc(Cl)cc3)C2=O)cc(OC)c1. The van der Waals surface area contributed by atoms with Crippen LogP contribution in [0.5, 0.6) is 11.5 Å². The van der Waals surface area contributed by atoms with Crippen LogP contribution in [-0.4, -0.2) is 42.7 Å². The summed E-state index contributed by atoms with van der Waals surface area (Å²) in [6.45, 7) is -0.383. The predicted molar refractivity (Wildman–Crippen MR) is 112 cm³/mol. The van der Waals surface area contributed by atoms with Crippen molar-refractivity contribution in [3.05, 3.63) is 58.0 Å². The summed E-state index contributed by atoms with van der Waals surface area (Å²) < 4.78 is 10.4. The minimum Gasteiger partial charge on any atom is -0.497 e. The van der Waals surface area contributed by atoms with Gasteiger partial charge in [0, 0.05) is 16.8 Å². The van der Waals surface area contributed by atoms with Gasteiger partial charge in [-0.2, -0.15) is 0 Å². The summed E-state index contributed by atoms with van der Waals surface area (Å²) in [6.07, 6.45) is 1.56. The van der Waals surface area contributed by atoms with Crippen LogP contribution in [0.15, 0.2) is 47.4 Å². The third kappa shape index (κ3) is 5.10. The van der Waals surface area contributed by atoms with Crippen molar-refractivity contribution in [3.63, 3.8) is 0 Å². The smallest absolute Gasteiger partial charge is 0.294 e. The van der Waals surface area contributed by atoms with E-state index in [2.05, 4.69) is 5.32 Å². The maximum atomic E-state index is 12.6. The lowest BCUT2D eigenvalue weighted by atomic mass is 10.2. The molecule has 29 heavy (non-hydrogen) atoms. The average Bonchev–Trinajstić information content (AvgIpc) is 2.96. The van der Waals surface area contributed by atoms with E-state index in [9.17, 15) is 14.4 Å². The molecule has 1 fully saturated rings. The zero-order valence-electron chi connectivity index (χ0n) is 15.6. The van der Waals surface area contributed by atoms with E-state index in [1.165, 1.54) is 14.2 Å². The standard InChI is InChI=1S/C20H17ClN2O5S/c1-27-15-7-12(8-16(10-15)28-2)9-17-19(25)23(20(26)29-17)11-18(24)22-14-5-3-13(21)4-6-14/h3-10H,11H2,1-2H3,(H,22,24)/b17-9+. The number of halogens is 1. The van der Waals surface area contributed by atoms with Crippen molar-refractivity contribution in [3.8, 4) is 11.5 Å². The Morgan fingerprint density at radius 2 is 1.72 bits per heavy atom. The zero-order chi connectivity index (χ0) is 21.0. The molecule has 1 aliphatic rings. The van der Waals surface area contributed by atoms with E-state index in [0.717, 1.165) is 16.7 Å². The fourth-order valence-corrected chi connectivity index (χ4v) is 3.54.